The number of nitrogens with two attached hydrogens (primary N) is 1. The van der Waals surface area contributed by atoms with Gasteiger partial charge in [0.25, 0.3) is 0 Å². The minimum Gasteiger partial charge on any atom is -0.364 e. The van der Waals surface area contributed by atoms with Gasteiger partial charge in [0.2, 0.25) is 5.91 Å². The Labute approximate surface area is 91.5 Å². The summed E-state index contributed by atoms with van der Waals surface area (Å²) in [4.78, 5) is 11.5. The molecule has 0 heterocycles. The summed E-state index contributed by atoms with van der Waals surface area (Å²) in [6.07, 6.45) is 4.65. The van der Waals surface area contributed by atoms with Crippen molar-refractivity contribution in [3.8, 4) is 0 Å². The fraction of sp³-hybridized carbons (Fsp3) is 0.909. The number of rotatable bonds is 5. The third-order valence-corrected chi connectivity index (χ3v) is 2.81. The SMILES string of the molecule is CC(C)(CN)OCC(=O)NC1CCCC1. The Hall–Kier alpha value is -0.610. The zero-order valence-electron chi connectivity index (χ0n) is 9.71. The van der Waals surface area contributed by atoms with E-state index >= 15 is 0 Å². The molecule has 0 aromatic rings. The summed E-state index contributed by atoms with van der Waals surface area (Å²) in [5, 5.41) is 2.97. The van der Waals surface area contributed by atoms with E-state index in [1.165, 1.54) is 12.8 Å². The minimum atomic E-state index is -0.410. The highest BCUT2D eigenvalue weighted by Gasteiger charge is 2.20. The Morgan fingerprint density at radius 2 is 2.07 bits per heavy atom. The van der Waals surface area contributed by atoms with Crippen molar-refractivity contribution < 1.29 is 9.53 Å². The summed E-state index contributed by atoms with van der Waals surface area (Å²) in [5.74, 6) is -0.0246. The first-order chi connectivity index (χ1) is 7.03. The molecule has 0 radical (unpaired) electrons. The molecule has 3 N–H and O–H groups in total. The highest BCUT2D eigenvalue weighted by molar-refractivity contribution is 5.77. The Kier molecular flexibility index (Phi) is 4.54. The van der Waals surface area contributed by atoms with Crippen molar-refractivity contribution >= 4 is 5.91 Å². The normalized spacial score (nSPS) is 18.1. The maximum atomic E-state index is 11.5. The maximum absolute atomic E-state index is 11.5. The van der Waals surface area contributed by atoms with E-state index in [0.717, 1.165) is 12.8 Å². The van der Waals surface area contributed by atoms with Crippen LogP contribution in [0.25, 0.3) is 0 Å². The lowest BCUT2D eigenvalue weighted by molar-refractivity contribution is -0.131. The number of nitrogens with one attached hydrogen (secondary N) is 1. The van der Waals surface area contributed by atoms with Crippen molar-refractivity contribution in [2.45, 2.75) is 51.2 Å². The van der Waals surface area contributed by atoms with Crippen molar-refractivity contribution in [1.29, 1.82) is 0 Å². The number of hydrogen-bond acceptors (Lipinski definition) is 3. The lowest BCUT2D eigenvalue weighted by atomic mass is 10.1. The summed E-state index contributed by atoms with van der Waals surface area (Å²) >= 11 is 0. The third-order valence-electron chi connectivity index (χ3n) is 2.81. The summed E-state index contributed by atoms with van der Waals surface area (Å²) in [6.45, 7) is 4.30. The molecule has 4 heteroatoms. The summed E-state index contributed by atoms with van der Waals surface area (Å²) < 4.78 is 5.41. The molecule has 1 rings (SSSR count). The van der Waals surface area contributed by atoms with E-state index in [0.29, 0.717) is 12.6 Å². The van der Waals surface area contributed by atoms with Crippen LogP contribution in [-0.2, 0) is 9.53 Å². The van der Waals surface area contributed by atoms with E-state index in [9.17, 15) is 4.79 Å². The first-order valence-electron chi connectivity index (χ1n) is 5.67. The molecule has 15 heavy (non-hydrogen) atoms. The fourth-order valence-corrected chi connectivity index (χ4v) is 1.66. The maximum Gasteiger partial charge on any atom is 0.246 e. The van der Waals surface area contributed by atoms with Crippen LogP contribution in [0.4, 0.5) is 0 Å². The average molecular weight is 214 g/mol. The van der Waals surface area contributed by atoms with E-state index in [4.69, 9.17) is 10.5 Å². The number of ether oxygens (including phenoxy) is 1. The molecule has 0 bridgehead atoms. The highest BCUT2D eigenvalue weighted by Crippen LogP contribution is 2.17. The molecule has 0 unspecified atom stereocenters. The minimum absolute atomic E-state index is 0.0246. The lowest BCUT2D eigenvalue weighted by Gasteiger charge is -2.23. The van der Waals surface area contributed by atoms with Crippen LogP contribution in [0.15, 0.2) is 0 Å². The van der Waals surface area contributed by atoms with Crippen molar-refractivity contribution in [2.24, 2.45) is 5.73 Å². The van der Waals surface area contributed by atoms with E-state index < -0.39 is 5.60 Å². The van der Waals surface area contributed by atoms with E-state index in [1.807, 2.05) is 13.8 Å². The molecule has 0 saturated heterocycles. The van der Waals surface area contributed by atoms with Crippen LogP contribution in [0.5, 0.6) is 0 Å². The molecule has 0 aromatic heterocycles. The molecular formula is C11H22N2O2. The van der Waals surface area contributed by atoms with Gasteiger partial charge in [-0.25, -0.2) is 0 Å². The van der Waals surface area contributed by atoms with Crippen molar-refractivity contribution in [3.63, 3.8) is 0 Å². The quantitative estimate of drug-likeness (QED) is 0.711. The number of carbonyl (C=O) groups is 1. The Morgan fingerprint density at radius 3 is 2.60 bits per heavy atom. The van der Waals surface area contributed by atoms with E-state index in [1.54, 1.807) is 0 Å². The summed E-state index contributed by atoms with van der Waals surface area (Å²) in [6, 6.07) is 0.363. The van der Waals surface area contributed by atoms with Crippen LogP contribution in [0.3, 0.4) is 0 Å². The van der Waals surface area contributed by atoms with Gasteiger partial charge >= 0.3 is 0 Å². The van der Waals surface area contributed by atoms with Crippen LogP contribution >= 0.6 is 0 Å². The highest BCUT2D eigenvalue weighted by atomic mass is 16.5. The molecular weight excluding hydrogens is 192 g/mol. The molecule has 0 atom stereocenters. The van der Waals surface area contributed by atoms with Gasteiger partial charge < -0.3 is 15.8 Å². The molecule has 1 fully saturated rings. The Bertz CT molecular complexity index is 211. The molecule has 0 aromatic carbocycles. The molecule has 0 aliphatic heterocycles. The third kappa shape index (κ3) is 4.62. The smallest absolute Gasteiger partial charge is 0.246 e. The largest absolute Gasteiger partial charge is 0.364 e. The number of hydrogen-bond donors (Lipinski definition) is 2. The molecule has 1 aliphatic rings. The van der Waals surface area contributed by atoms with Gasteiger partial charge in [-0.05, 0) is 26.7 Å². The zero-order chi connectivity index (χ0) is 11.3. The second-order valence-corrected chi connectivity index (χ2v) is 4.80. The molecule has 1 amide bonds. The molecule has 1 saturated carbocycles. The zero-order valence-corrected chi connectivity index (χ0v) is 9.71. The van der Waals surface area contributed by atoms with Gasteiger partial charge in [0.05, 0.1) is 5.60 Å². The first kappa shape index (κ1) is 12.5. The molecule has 4 nitrogen and oxygen atoms in total. The van der Waals surface area contributed by atoms with Crippen LogP contribution in [0, 0.1) is 0 Å². The monoisotopic (exact) mass is 214 g/mol. The van der Waals surface area contributed by atoms with Gasteiger partial charge in [0, 0.05) is 12.6 Å². The topological polar surface area (TPSA) is 64.3 Å². The van der Waals surface area contributed by atoms with Crippen molar-refractivity contribution in [3.05, 3.63) is 0 Å². The van der Waals surface area contributed by atoms with Crippen LogP contribution in [-0.4, -0.2) is 30.7 Å². The van der Waals surface area contributed by atoms with Gasteiger partial charge in [-0.15, -0.1) is 0 Å². The van der Waals surface area contributed by atoms with Gasteiger partial charge in [0.15, 0.2) is 0 Å². The van der Waals surface area contributed by atoms with Crippen molar-refractivity contribution in [1.82, 2.24) is 5.32 Å². The predicted octanol–water partition coefficient (Wildman–Crippen LogP) is 0.799. The van der Waals surface area contributed by atoms with Gasteiger partial charge in [-0.2, -0.15) is 0 Å². The van der Waals surface area contributed by atoms with Crippen LogP contribution < -0.4 is 11.1 Å². The summed E-state index contributed by atoms with van der Waals surface area (Å²) in [7, 11) is 0. The Balaban J connectivity index is 2.18. The lowest BCUT2D eigenvalue weighted by Crippen LogP contribution is -2.40. The fourth-order valence-electron chi connectivity index (χ4n) is 1.66. The molecule has 1 aliphatic carbocycles. The van der Waals surface area contributed by atoms with Crippen LogP contribution in [0.2, 0.25) is 0 Å². The number of amides is 1. The standard InChI is InChI=1S/C11H22N2O2/c1-11(2,8-12)15-7-10(14)13-9-5-3-4-6-9/h9H,3-8,12H2,1-2H3,(H,13,14). The van der Waals surface area contributed by atoms with Gasteiger partial charge in [0.1, 0.15) is 6.61 Å². The van der Waals surface area contributed by atoms with E-state index in [2.05, 4.69) is 5.32 Å². The van der Waals surface area contributed by atoms with Gasteiger partial charge in [-0.3, -0.25) is 4.79 Å². The molecule has 0 spiro atoms. The second kappa shape index (κ2) is 5.47. The van der Waals surface area contributed by atoms with E-state index in [-0.39, 0.29) is 12.5 Å². The first-order valence-corrected chi connectivity index (χ1v) is 5.67. The number of carbonyl (C=O) groups excluding carboxylic acids is 1. The summed E-state index contributed by atoms with van der Waals surface area (Å²) in [5.41, 5.74) is 5.09. The van der Waals surface area contributed by atoms with Crippen LogP contribution in [0.1, 0.15) is 39.5 Å². The average Bonchev–Trinajstić information content (AvgIpc) is 2.68. The molecule has 88 valence electrons. The second-order valence-electron chi connectivity index (χ2n) is 4.80. The van der Waals surface area contributed by atoms with Crippen molar-refractivity contribution in [2.75, 3.05) is 13.2 Å². The predicted molar refractivity (Wildman–Crippen MR) is 59.5 cm³/mol. The van der Waals surface area contributed by atoms with Gasteiger partial charge in [-0.1, -0.05) is 12.8 Å². The Morgan fingerprint density at radius 1 is 1.47 bits per heavy atom.